The number of rotatable bonds is 5. The summed E-state index contributed by atoms with van der Waals surface area (Å²) in [6.45, 7) is 1.43. The van der Waals surface area contributed by atoms with Crippen molar-refractivity contribution in [3.63, 3.8) is 0 Å². The van der Waals surface area contributed by atoms with Crippen molar-refractivity contribution in [2.24, 2.45) is 4.99 Å². The van der Waals surface area contributed by atoms with Gasteiger partial charge in [0.2, 0.25) is 0 Å². The SMILES string of the molecule is CN=C(NCc1ccc(OC)cc1)NCc1cccc2ccccc12.I. The van der Waals surface area contributed by atoms with Crippen LogP contribution in [0.25, 0.3) is 10.8 Å². The molecule has 3 rings (SSSR count). The fraction of sp³-hybridized carbons (Fsp3) is 0.190. The van der Waals surface area contributed by atoms with Crippen molar-refractivity contribution in [1.29, 1.82) is 0 Å². The quantitative estimate of drug-likeness (QED) is 0.338. The maximum Gasteiger partial charge on any atom is 0.191 e. The van der Waals surface area contributed by atoms with Gasteiger partial charge in [0.15, 0.2) is 5.96 Å². The monoisotopic (exact) mass is 461 g/mol. The summed E-state index contributed by atoms with van der Waals surface area (Å²) in [6.07, 6.45) is 0. The van der Waals surface area contributed by atoms with Crippen LogP contribution in [0, 0.1) is 0 Å². The topological polar surface area (TPSA) is 45.7 Å². The molecule has 0 heterocycles. The number of aliphatic imine (C=N–C) groups is 1. The van der Waals surface area contributed by atoms with Gasteiger partial charge in [-0.15, -0.1) is 24.0 Å². The fourth-order valence-electron chi connectivity index (χ4n) is 2.78. The Balaban J connectivity index is 0.00000243. The van der Waals surface area contributed by atoms with Gasteiger partial charge in [0.25, 0.3) is 0 Å². The zero-order valence-corrected chi connectivity index (χ0v) is 17.4. The van der Waals surface area contributed by atoms with Gasteiger partial charge in [0.05, 0.1) is 7.11 Å². The Morgan fingerprint density at radius 2 is 1.58 bits per heavy atom. The number of methoxy groups -OCH3 is 1. The molecule has 3 aromatic rings. The predicted molar refractivity (Wildman–Crippen MR) is 119 cm³/mol. The van der Waals surface area contributed by atoms with Gasteiger partial charge >= 0.3 is 0 Å². The minimum atomic E-state index is 0. The number of hydrogen-bond acceptors (Lipinski definition) is 2. The van der Waals surface area contributed by atoms with E-state index in [0.29, 0.717) is 6.54 Å². The van der Waals surface area contributed by atoms with E-state index in [1.165, 1.54) is 21.9 Å². The summed E-state index contributed by atoms with van der Waals surface area (Å²) in [6, 6.07) is 22.8. The highest BCUT2D eigenvalue weighted by molar-refractivity contribution is 14.0. The number of hydrogen-bond donors (Lipinski definition) is 2. The predicted octanol–water partition coefficient (Wildman–Crippen LogP) is 4.33. The van der Waals surface area contributed by atoms with Gasteiger partial charge in [-0.3, -0.25) is 4.99 Å². The van der Waals surface area contributed by atoms with Gasteiger partial charge in [-0.2, -0.15) is 0 Å². The summed E-state index contributed by atoms with van der Waals surface area (Å²) in [5, 5.41) is 9.24. The van der Waals surface area contributed by atoms with Crippen LogP contribution < -0.4 is 15.4 Å². The largest absolute Gasteiger partial charge is 0.497 e. The lowest BCUT2D eigenvalue weighted by molar-refractivity contribution is 0.414. The number of halogens is 1. The van der Waals surface area contributed by atoms with Crippen molar-refractivity contribution >= 4 is 40.7 Å². The third-order valence-electron chi connectivity index (χ3n) is 4.17. The van der Waals surface area contributed by atoms with Crippen LogP contribution in [0.3, 0.4) is 0 Å². The first-order valence-corrected chi connectivity index (χ1v) is 8.34. The summed E-state index contributed by atoms with van der Waals surface area (Å²) < 4.78 is 5.18. The highest BCUT2D eigenvalue weighted by Gasteiger charge is 2.03. The molecule has 0 aromatic heterocycles. The van der Waals surface area contributed by atoms with Gasteiger partial charge in [0.1, 0.15) is 5.75 Å². The van der Waals surface area contributed by atoms with Gasteiger partial charge in [-0.25, -0.2) is 0 Å². The highest BCUT2D eigenvalue weighted by Crippen LogP contribution is 2.18. The summed E-state index contributed by atoms with van der Waals surface area (Å²) in [7, 11) is 3.46. The minimum absolute atomic E-state index is 0. The molecule has 136 valence electrons. The summed E-state index contributed by atoms with van der Waals surface area (Å²) in [5.74, 6) is 1.64. The van der Waals surface area contributed by atoms with Gasteiger partial charge in [0, 0.05) is 20.1 Å². The molecule has 0 aliphatic carbocycles. The van der Waals surface area contributed by atoms with E-state index in [-0.39, 0.29) is 24.0 Å². The van der Waals surface area contributed by atoms with E-state index in [1.54, 1.807) is 14.2 Å². The maximum atomic E-state index is 5.18. The van der Waals surface area contributed by atoms with Crippen molar-refractivity contribution in [1.82, 2.24) is 10.6 Å². The van der Waals surface area contributed by atoms with E-state index in [2.05, 4.69) is 58.1 Å². The number of benzene rings is 3. The van der Waals surface area contributed by atoms with Crippen LogP contribution in [0.1, 0.15) is 11.1 Å². The molecule has 0 atom stereocenters. The van der Waals surface area contributed by atoms with Crippen molar-refractivity contribution in [3.05, 3.63) is 77.9 Å². The fourth-order valence-corrected chi connectivity index (χ4v) is 2.78. The minimum Gasteiger partial charge on any atom is -0.497 e. The number of nitrogens with one attached hydrogen (secondary N) is 2. The van der Waals surface area contributed by atoms with Gasteiger partial charge < -0.3 is 15.4 Å². The van der Waals surface area contributed by atoms with Crippen LogP contribution in [0.4, 0.5) is 0 Å². The van der Waals surface area contributed by atoms with Crippen molar-refractivity contribution in [3.8, 4) is 5.75 Å². The lowest BCUT2D eigenvalue weighted by Gasteiger charge is -2.13. The van der Waals surface area contributed by atoms with E-state index in [4.69, 9.17) is 4.74 Å². The highest BCUT2D eigenvalue weighted by atomic mass is 127. The molecule has 3 aromatic carbocycles. The molecule has 0 spiro atoms. The maximum absolute atomic E-state index is 5.18. The Bertz CT molecular complexity index is 857. The molecule has 0 saturated carbocycles. The summed E-state index contributed by atoms with van der Waals surface area (Å²) in [5.41, 5.74) is 2.43. The lowest BCUT2D eigenvalue weighted by atomic mass is 10.0. The number of guanidine groups is 1. The molecule has 0 bridgehead atoms. The molecular weight excluding hydrogens is 437 g/mol. The summed E-state index contributed by atoms with van der Waals surface area (Å²) in [4.78, 5) is 4.30. The van der Waals surface area contributed by atoms with Crippen molar-refractivity contribution in [2.75, 3.05) is 14.2 Å². The van der Waals surface area contributed by atoms with Crippen molar-refractivity contribution in [2.45, 2.75) is 13.1 Å². The molecular formula is C21H24IN3O. The van der Waals surface area contributed by atoms with Crippen LogP contribution in [-0.2, 0) is 13.1 Å². The Morgan fingerprint density at radius 1 is 0.885 bits per heavy atom. The number of nitrogens with zero attached hydrogens (tertiary/aromatic N) is 1. The molecule has 0 radical (unpaired) electrons. The average Bonchev–Trinajstić information content (AvgIpc) is 2.68. The molecule has 0 saturated heterocycles. The molecule has 2 N–H and O–H groups in total. The van der Waals surface area contributed by atoms with E-state index >= 15 is 0 Å². The molecule has 0 aliphatic heterocycles. The zero-order valence-electron chi connectivity index (χ0n) is 15.0. The Morgan fingerprint density at radius 3 is 2.31 bits per heavy atom. The van der Waals surface area contributed by atoms with Crippen LogP contribution in [0.5, 0.6) is 5.75 Å². The van der Waals surface area contributed by atoms with E-state index in [9.17, 15) is 0 Å². The Labute approximate surface area is 171 Å². The third kappa shape index (κ3) is 5.11. The molecule has 0 amide bonds. The van der Waals surface area contributed by atoms with E-state index < -0.39 is 0 Å². The Kier molecular flexibility index (Phi) is 7.72. The zero-order chi connectivity index (χ0) is 17.5. The second-order valence-corrected chi connectivity index (χ2v) is 5.77. The second kappa shape index (κ2) is 10.0. The lowest BCUT2D eigenvalue weighted by Crippen LogP contribution is -2.36. The smallest absolute Gasteiger partial charge is 0.191 e. The van der Waals surface area contributed by atoms with Gasteiger partial charge in [-0.05, 0) is 34.0 Å². The molecule has 0 aliphatic rings. The molecule has 0 fully saturated rings. The van der Waals surface area contributed by atoms with Crippen LogP contribution in [-0.4, -0.2) is 20.1 Å². The van der Waals surface area contributed by atoms with Gasteiger partial charge in [-0.1, -0.05) is 54.6 Å². The first-order valence-electron chi connectivity index (χ1n) is 8.34. The third-order valence-corrected chi connectivity index (χ3v) is 4.17. The number of fused-ring (bicyclic) bond motifs is 1. The Hall–Kier alpha value is -2.28. The normalized spacial score (nSPS) is 10.9. The molecule has 26 heavy (non-hydrogen) atoms. The van der Waals surface area contributed by atoms with Crippen LogP contribution >= 0.6 is 24.0 Å². The average molecular weight is 461 g/mol. The molecule has 0 unspecified atom stereocenters. The second-order valence-electron chi connectivity index (χ2n) is 5.77. The summed E-state index contributed by atoms with van der Waals surface area (Å²) >= 11 is 0. The van der Waals surface area contributed by atoms with E-state index in [1.807, 2.05) is 24.3 Å². The van der Waals surface area contributed by atoms with Crippen molar-refractivity contribution < 1.29 is 4.74 Å². The van der Waals surface area contributed by atoms with Crippen LogP contribution in [0.2, 0.25) is 0 Å². The van der Waals surface area contributed by atoms with Crippen LogP contribution in [0.15, 0.2) is 71.7 Å². The molecule has 4 nitrogen and oxygen atoms in total. The standard InChI is InChI=1S/C21H23N3O.HI/c1-22-21(23-14-16-10-12-19(25-2)13-11-16)24-15-18-8-5-7-17-6-3-4-9-20(17)18;/h3-13H,14-15H2,1-2H3,(H2,22,23,24);1H. The molecule has 5 heteroatoms. The first-order chi connectivity index (χ1) is 12.3. The first kappa shape index (κ1) is 20.0. The van der Waals surface area contributed by atoms with E-state index in [0.717, 1.165) is 18.3 Å². The number of ether oxygens (including phenoxy) is 1.